The van der Waals surface area contributed by atoms with Gasteiger partial charge in [-0.1, -0.05) is 78.9 Å². The predicted molar refractivity (Wildman–Crippen MR) is 167 cm³/mol. The second kappa shape index (κ2) is 10.2. The zero-order valence-corrected chi connectivity index (χ0v) is 23.1. The summed E-state index contributed by atoms with van der Waals surface area (Å²) in [5.74, 6) is 0.328. The quantitative estimate of drug-likeness (QED) is 0.232. The normalized spacial score (nSPS) is 15.9. The number of nitrogens with zero attached hydrogens (tertiary/aromatic N) is 4. The number of carbonyl (C=O) groups is 1. The first-order chi connectivity index (χ1) is 20.0. The van der Waals surface area contributed by atoms with Gasteiger partial charge in [0.1, 0.15) is 17.4 Å². The molecular formula is C33H25N5O2S. The number of para-hydroxylation sites is 2. The highest BCUT2D eigenvalue weighted by Crippen LogP contribution is 2.31. The fourth-order valence-corrected chi connectivity index (χ4v) is 6.04. The molecule has 0 bridgehead atoms. The molecule has 1 amide bonds. The van der Waals surface area contributed by atoms with Crippen molar-refractivity contribution in [1.82, 2.24) is 9.58 Å². The van der Waals surface area contributed by atoms with Crippen LogP contribution in [0.2, 0.25) is 0 Å². The largest absolute Gasteiger partial charge is 0.486 e. The molecule has 0 saturated carbocycles. The van der Waals surface area contributed by atoms with E-state index in [1.807, 2.05) is 55.6 Å². The summed E-state index contributed by atoms with van der Waals surface area (Å²) in [5, 5.41) is 19.2. The Hall–Kier alpha value is -4.95. The maximum absolute atomic E-state index is 13.1. The van der Waals surface area contributed by atoms with Crippen LogP contribution in [0.4, 0.5) is 0 Å². The number of thioether (sulfide) groups is 1. The summed E-state index contributed by atoms with van der Waals surface area (Å²) in [7, 11) is 0. The molecule has 41 heavy (non-hydrogen) atoms. The van der Waals surface area contributed by atoms with Gasteiger partial charge in [0.2, 0.25) is 5.17 Å². The van der Waals surface area contributed by atoms with Crippen molar-refractivity contribution in [2.75, 3.05) is 6.61 Å². The number of carbonyl (C=O) groups excluding carboxylic acids is 1. The summed E-state index contributed by atoms with van der Waals surface area (Å²) in [6, 6.07) is 30.6. The van der Waals surface area contributed by atoms with Gasteiger partial charge in [-0.3, -0.25) is 10.2 Å². The van der Waals surface area contributed by atoms with Crippen molar-refractivity contribution >= 4 is 61.5 Å². The molecule has 0 radical (unpaired) electrons. The van der Waals surface area contributed by atoms with E-state index >= 15 is 0 Å². The fraction of sp³-hybridized carbons (Fsp3) is 0.0909. The Labute approximate surface area is 241 Å². The van der Waals surface area contributed by atoms with Gasteiger partial charge < -0.3 is 9.30 Å². The molecule has 0 fully saturated rings. The number of hydrazone groups is 1. The number of rotatable bonds is 6. The lowest BCUT2D eigenvalue weighted by molar-refractivity contribution is -0.114. The Kier molecular flexibility index (Phi) is 6.24. The van der Waals surface area contributed by atoms with E-state index in [-0.39, 0.29) is 18.0 Å². The van der Waals surface area contributed by atoms with Gasteiger partial charge >= 0.3 is 0 Å². The first-order valence-electron chi connectivity index (χ1n) is 13.3. The predicted octanol–water partition coefficient (Wildman–Crippen LogP) is 6.85. The minimum absolute atomic E-state index is 0.00396. The van der Waals surface area contributed by atoms with E-state index in [2.05, 4.69) is 63.2 Å². The van der Waals surface area contributed by atoms with Crippen molar-refractivity contribution in [2.45, 2.75) is 13.5 Å². The first kappa shape index (κ1) is 25.0. The molecule has 0 saturated heterocycles. The highest BCUT2D eigenvalue weighted by atomic mass is 32.2. The summed E-state index contributed by atoms with van der Waals surface area (Å²) in [5.41, 5.74) is 4.34. The van der Waals surface area contributed by atoms with Crippen molar-refractivity contribution in [3.05, 3.63) is 119 Å². The molecule has 8 heteroatoms. The van der Waals surface area contributed by atoms with E-state index in [9.17, 15) is 4.79 Å². The number of aryl methyl sites for hydroxylation is 1. The molecule has 1 N–H and O–H groups in total. The Morgan fingerprint density at radius 1 is 0.927 bits per heavy atom. The highest BCUT2D eigenvalue weighted by molar-refractivity contribution is 8.27. The lowest BCUT2D eigenvalue weighted by Crippen LogP contribution is -2.35. The van der Waals surface area contributed by atoms with Gasteiger partial charge in [-0.25, -0.2) is 0 Å². The number of amidine groups is 2. The summed E-state index contributed by atoms with van der Waals surface area (Å²) < 4.78 is 8.13. The van der Waals surface area contributed by atoms with Crippen LogP contribution >= 0.6 is 11.8 Å². The van der Waals surface area contributed by atoms with E-state index in [4.69, 9.17) is 10.1 Å². The minimum Gasteiger partial charge on any atom is -0.486 e. The molecule has 0 aliphatic carbocycles. The van der Waals surface area contributed by atoms with Crippen LogP contribution in [-0.2, 0) is 11.3 Å². The second-order valence-corrected chi connectivity index (χ2v) is 11.0. The van der Waals surface area contributed by atoms with Crippen molar-refractivity contribution in [1.29, 1.82) is 5.41 Å². The molecule has 7 rings (SSSR count). The summed E-state index contributed by atoms with van der Waals surface area (Å²) in [6.07, 6.45) is 3.80. The van der Waals surface area contributed by atoms with Crippen LogP contribution in [0.25, 0.3) is 27.8 Å². The van der Waals surface area contributed by atoms with Crippen molar-refractivity contribution in [3.8, 4) is 5.75 Å². The van der Waals surface area contributed by atoms with E-state index in [1.165, 1.54) is 33.1 Å². The van der Waals surface area contributed by atoms with Gasteiger partial charge in [0.25, 0.3) is 5.91 Å². The topological polar surface area (TPSA) is 83.0 Å². The Morgan fingerprint density at radius 2 is 1.68 bits per heavy atom. The second-order valence-electron chi connectivity index (χ2n) is 9.94. The molecule has 0 spiro atoms. The summed E-state index contributed by atoms with van der Waals surface area (Å²) in [6.45, 7) is 2.89. The van der Waals surface area contributed by atoms with Crippen LogP contribution in [0.1, 0.15) is 16.7 Å². The minimum atomic E-state index is -0.448. The van der Waals surface area contributed by atoms with Gasteiger partial charge in [-0.15, -0.1) is 0 Å². The number of benzene rings is 4. The number of aliphatic imine (C=N–C) groups is 1. The number of amides is 1. The number of fused-ring (bicyclic) bond motifs is 3. The Bertz CT molecular complexity index is 1960. The van der Waals surface area contributed by atoms with E-state index < -0.39 is 5.91 Å². The van der Waals surface area contributed by atoms with Crippen LogP contribution in [-0.4, -0.2) is 38.1 Å². The zero-order chi connectivity index (χ0) is 27.9. The van der Waals surface area contributed by atoms with Crippen LogP contribution in [0, 0.1) is 12.3 Å². The van der Waals surface area contributed by atoms with Gasteiger partial charge in [-0.05, 0) is 58.8 Å². The molecule has 4 aromatic carbocycles. The molecule has 7 nitrogen and oxygen atoms in total. The Balaban J connectivity index is 1.19. The van der Waals surface area contributed by atoms with E-state index in [1.54, 1.807) is 6.08 Å². The molecule has 2 aliphatic heterocycles. The smallest absolute Gasteiger partial charge is 0.283 e. The highest BCUT2D eigenvalue weighted by Gasteiger charge is 2.36. The number of nitrogens with one attached hydrogen (secondary N) is 1. The SMILES string of the molecule is Cc1ccccc1OCC1=NN2C(=N)/C(=C\c3cn(Cc4cccc5ccccc45)c4ccccc34)C(=O)N=C2S1. The average molecular weight is 556 g/mol. The first-order valence-corrected chi connectivity index (χ1v) is 14.1. The van der Waals surface area contributed by atoms with E-state index in [0.29, 0.717) is 16.8 Å². The van der Waals surface area contributed by atoms with Gasteiger partial charge in [0.15, 0.2) is 5.84 Å². The van der Waals surface area contributed by atoms with Gasteiger partial charge in [0.05, 0.1) is 5.57 Å². The molecule has 0 atom stereocenters. The molecule has 200 valence electrons. The van der Waals surface area contributed by atoms with Crippen molar-refractivity contribution in [2.24, 2.45) is 10.1 Å². The standard InChI is InChI=1S/C33H25N5O2S/c1-21-9-2-7-16-29(21)40-20-30-36-38-31(34)27(32(39)35-33(38)41-30)17-24-19-37(28-15-6-5-14-26(24)28)18-23-12-8-11-22-10-3-4-13-25(22)23/h2-17,19,34H,18,20H2,1H3/b27-17+,34-31?. The van der Waals surface area contributed by atoms with Crippen LogP contribution in [0.3, 0.4) is 0 Å². The Morgan fingerprint density at radius 3 is 2.56 bits per heavy atom. The molecule has 0 unspecified atom stereocenters. The monoisotopic (exact) mass is 555 g/mol. The zero-order valence-electron chi connectivity index (χ0n) is 22.2. The molecule has 5 aromatic rings. The van der Waals surface area contributed by atoms with E-state index in [0.717, 1.165) is 27.8 Å². The third-order valence-corrected chi connectivity index (χ3v) is 8.16. The maximum atomic E-state index is 13.1. The van der Waals surface area contributed by atoms with Crippen molar-refractivity contribution < 1.29 is 9.53 Å². The number of aromatic nitrogens is 1. The number of hydrogen-bond acceptors (Lipinski definition) is 5. The van der Waals surface area contributed by atoms with Crippen LogP contribution in [0.15, 0.2) is 113 Å². The molecule has 1 aromatic heterocycles. The average Bonchev–Trinajstić information content (AvgIpc) is 3.56. The van der Waals surface area contributed by atoms with Crippen LogP contribution in [0.5, 0.6) is 5.75 Å². The molecule has 2 aliphatic rings. The molecule has 3 heterocycles. The lowest BCUT2D eigenvalue weighted by Gasteiger charge is -2.20. The number of ether oxygens (including phenoxy) is 1. The maximum Gasteiger partial charge on any atom is 0.283 e. The van der Waals surface area contributed by atoms with Gasteiger partial charge in [-0.2, -0.15) is 15.1 Å². The van der Waals surface area contributed by atoms with Crippen LogP contribution < -0.4 is 4.74 Å². The number of hydrogen-bond donors (Lipinski definition) is 1. The van der Waals surface area contributed by atoms with Gasteiger partial charge in [0, 0.05) is 29.2 Å². The fourth-order valence-electron chi connectivity index (χ4n) is 5.24. The summed E-state index contributed by atoms with van der Waals surface area (Å²) >= 11 is 1.25. The molecular weight excluding hydrogens is 530 g/mol. The third kappa shape index (κ3) is 4.62. The lowest BCUT2D eigenvalue weighted by atomic mass is 10.0. The third-order valence-electron chi connectivity index (χ3n) is 7.28. The summed E-state index contributed by atoms with van der Waals surface area (Å²) in [4.78, 5) is 17.4. The van der Waals surface area contributed by atoms with Crippen molar-refractivity contribution in [3.63, 3.8) is 0 Å².